The standard InChI is InChI=1S/C13H15F3N2O3/c1-8(2)18(7-11(19)20)12(21)17-10-5-3-9(4-6-10)13(14,15)16/h3-6,8H,7H2,1-2H3,(H,17,21)(H,19,20). The summed E-state index contributed by atoms with van der Waals surface area (Å²) in [5.41, 5.74) is -0.671. The van der Waals surface area contributed by atoms with Crippen molar-refractivity contribution in [3.05, 3.63) is 29.8 Å². The molecule has 0 spiro atoms. The number of benzene rings is 1. The number of anilines is 1. The zero-order chi connectivity index (χ0) is 16.2. The SMILES string of the molecule is CC(C)N(CC(=O)O)C(=O)Nc1ccc(C(F)(F)F)cc1. The van der Waals surface area contributed by atoms with E-state index in [9.17, 15) is 22.8 Å². The molecule has 0 fully saturated rings. The van der Waals surface area contributed by atoms with Gasteiger partial charge in [-0.25, -0.2) is 4.79 Å². The number of urea groups is 1. The Morgan fingerprint density at radius 1 is 1.24 bits per heavy atom. The van der Waals surface area contributed by atoms with Crippen molar-refractivity contribution in [1.29, 1.82) is 0 Å². The second kappa shape index (κ2) is 6.47. The van der Waals surface area contributed by atoms with Gasteiger partial charge in [0.25, 0.3) is 0 Å². The topological polar surface area (TPSA) is 69.6 Å². The van der Waals surface area contributed by atoms with Crippen molar-refractivity contribution < 1.29 is 27.9 Å². The molecule has 0 heterocycles. The van der Waals surface area contributed by atoms with E-state index in [4.69, 9.17) is 5.11 Å². The molecule has 0 saturated heterocycles. The van der Waals surface area contributed by atoms with Gasteiger partial charge in [0.1, 0.15) is 6.54 Å². The average molecular weight is 304 g/mol. The lowest BCUT2D eigenvalue weighted by Gasteiger charge is -2.25. The summed E-state index contributed by atoms with van der Waals surface area (Å²) in [5.74, 6) is -1.17. The number of hydrogen-bond acceptors (Lipinski definition) is 2. The number of carboxylic acids is 1. The Morgan fingerprint density at radius 3 is 2.14 bits per heavy atom. The number of carbonyl (C=O) groups is 2. The van der Waals surface area contributed by atoms with Gasteiger partial charge < -0.3 is 15.3 Å². The van der Waals surface area contributed by atoms with Crippen molar-refractivity contribution in [3.63, 3.8) is 0 Å². The number of alkyl halides is 3. The van der Waals surface area contributed by atoms with Gasteiger partial charge in [-0.15, -0.1) is 0 Å². The summed E-state index contributed by atoms with van der Waals surface area (Å²) in [6, 6.07) is 2.85. The number of carbonyl (C=O) groups excluding carboxylic acids is 1. The third kappa shape index (κ3) is 4.97. The molecule has 2 amide bonds. The maximum atomic E-state index is 12.4. The number of halogens is 3. The van der Waals surface area contributed by atoms with E-state index in [2.05, 4.69) is 5.32 Å². The van der Waals surface area contributed by atoms with Crippen LogP contribution in [-0.2, 0) is 11.0 Å². The highest BCUT2D eigenvalue weighted by atomic mass is 19.4. The van der Waals surface area contributed by atoms with Gasteiger partial charge in [-0.3, -0.25) is 4.79 Å². The molecule has 116 valence electrons. The predicted octanol–water partition coefficient (Wildman–Crippen LogP) is 3.03. The van der Waals surface area contributed by atoms with E-state index in [0.717, 1.165) is 29.2 Å². The summed E-state index contributed by atoms with van der Waals surface area (Å²) in [6.07, 6.45) is -4.45. The van der Waals surface area contributed by atoms with Crippen LogP contribution < -0.4 is 5.32 Å². The van der Waals surface area contributed by atoms with Crippen LogP contribution in [0.15, 0.2) is 24.3 Å². The molecular weight excluding hydrogens is 289 g/mol. The number of nitrogens with one attached hydrogen (secondary N) is 1. The number of amides is 2. The second-order valence-corrected chi connectivity index (χ2v) is 4.62. The zero-order valence-electron chi connectivity index (χ0n) is 11.4. The Morgan fingerprint density at radius 2 is 1.76 bits per heavy atom. The molecular formula is C13H15F3N2O3. The Labute approximate surface area is 119 Å². The fourth-order valence-corrected chi connectivity index (χ4v) is 1.57. The van der Waals surface area contributed by atoms with Gasteiger partial charge in [0.05, 0.1) is 5.56 Å². The molecule has 0 atom stereocenters. The normalized spacial score (nSPS) is 11.3. The average Bonchev–Trinajstić information content (AvgIpc) is 2.34. The van der Waals surface area contributed by atoms with Crippen molar-refractivity contribution >= 4 is 17.7 Å². The van der Waals surface area contributed by atoms with Crippen LogP contribution >= 0.6 is 0 Å². The van der Waals surface area contributed by atoms with E-state index in [1.54, 1.807) is 13.8 Å². The third-order valence-corrected chi connectivity index (χ3v) is 2.65. The monoisotopic (exact) mass is 304 g/mol. The highest BCUT2D eigenvalue weighted by Gasteiger charge is 2.30. The highest BCUT2D eigenvalue weighted by molar-refractivity contribution is 5.91. The molecule has 1 rings (SSSR count). The van der Waals surface area contributed by atoms with Crippen molar-refractivity contribution in [1.82, 2.24) is 4.90 Å². The molecule has 0 aliphatic carbocycles. The minimum Gasteiger partial charge on any atom is -0.480 e. The molecule has 1 aromatic carbocycles. The van der Waals surface area contributed by atoms with Crippen LogP contribution in [0.1, 0.15) is 19.4 Å². The summed E-state index contributed by atoms with van der Waals surface area (Å²) in [5, 5.41) is 11.1. The number of nitrogens with zero attached hydrogens (tertiary/aromatic N) is 1. The van der Waals surface area contributed by atoms with Crippen LogP contribution in [0.3, 0.4) is 0 Å². The fourth-order valence-electron chi connectivity index (χ4n) is 1.57. The Hall–Kier alpha value is -2.25. The fraction of sp³-hybridized carbons (Fsp3) is 0.385. The minimum absolute atomic E-state index is 0.157. The van der Waals surface area contributed by atoms with E-state index in [0.29, 0.717) is 0 Å². The lowest BCUT2D eigenvalue weighted by Crippen LogP contribution is -2.43. The summed E-state index contributed by atoms with van der Waals surface area (Å²) < 4.78 is 37.2. The molecule has 0 bridgehead atoms. The molecule has 0 radical (unpaired) electrons. The van der Waals surface area contributed by atoms with Gasteiger partial charge in [-0.2, -0.15) is 13.2 Å². The molecule has 0 unspecified atom stereocenters. The van der Waals surface area contributed by atoms with Gasteiger partial charge in [-0.05, 0) is 38.1 Å². The molecule has 0 aliphatic heterocycles. The van der Waals surface area contributed by atoms with Gasteiger partial charge in [0.2, 0.25) is 0 Å². The van der Waals surface area contributed by atoms with Crippen molar-refractivity contribution in [2.75, 3.05) is 11.9 Å². The molecule has 0 saturated carbocycles. The maximum Gasteiger partial charge on any atom is 0.416 e. The van der Waals surface area contributed by atoms with E-state index in [1.165, 1.54) is 0 Å². The van der Waals surface area contributed by atoms with E-state index in [1.807, 2.05) is 0 Å². The minimum atomic E-state index is -4.45. The summed E-state index contributed by atoms with van der Waals surface area (Å²) >= 11 is 0. The molecule has 1 aromatic rings. The quantitative estimate of drug-likeness (QED) is 0.898. The molecule has 0 aromatic heterocycles. The smallest absolute Gasteiger partial charge is 0.416 e. The van der Waals surface area contributed by atoms with Crippen molar-refractivity contribution in [3.8, 4) is 0 Å². The summed E-state index contributed by atoms with van der Waals surface area (Å²) in [6.45, 7) is 2.77. The lowest BCUT2D eigenvalue weighted by molar-refractivity contribution is -0.138. The first kappa shape index (κ1) is 16.8. The van der Waals surface area contributed by atoms with Crippen LogP contribution in [-0.4, -0.2) is 34.6 Å². The Kier molecular flexibility index (Phi) is 5.17. The van der Waals surface area contributed by atoms with Gasteiger partial charge >= 0.3 is 18.2 Å². The largest absolute Gasteiger partial charge is 0.480 e. The summed E-state index contributed by atoms with van der Waals surface area (Å²) in [4.78, 5) is 23.6. The van der Waals surface area contributed by atoms with Gasteiger partial charge in [0.15, 0.2) is 0 Å². The second-order valence-electron chi connectivity index (χ2n) is 4.62. The van der Waals surface area contributed by atoms with Crippen molar-refractivity contribution in [2.24, 2.45) is 0 Å². The van der Waals surface area contributed by atoms with Gasteiger partial charge in [-0.1, -0.05) is 0 Å². The van der Waals surface area contributed by atoms with Crippen LogP contribution in [0.25, 0.3) is 0 Å². The van der Waals surface area contributed by atoms with Crippen LogP contribution in [0.4, 0.5) is 23.7 Å². The Bertz CT molecular complexity index is 512. The molecule has 21 heavy (non-hydrogen) atoms. The predicted molar refractivity (Wildman–Crippen MR) is 69.9 cm³/mol. The first-order chi connectivity index (χ1) is 9.61. The number of aliphatic carboxylic acids is 1. The Balaban J connectivity index is 2.79. The molecule has 5 nitrogen and oxygen atoms in total. The zero-order valence-corrected chi connectivity index (χ0v) is 11.4. The van der Waals surface area contributed by atoms with Crippen LogP contribution in [0.5, 0.6) is 0 Å². The van der Waals surface area contributed by atoms with Crippen molar-refractivity contribution in [2.45, 2.75) is 26.1 Å². The van der Waals surface area contributed by atoms with E-state index >= 15 is 0 Å². The van der Waals surface area contributed by atoms with E-state index < -0.39 is 30.3 Å². The van der Waals surface area contributed by atoms with Crippen LogP contribution in [0.2, 0.25) is 0 Å². The lowest BCUT2D eigenvalue weighted by atomic mass is 10.2. The highest BCUT2D eigenvalue weighted by Crippen LogP contribution is 2.29. The first-order valence-corrected chi connectivity index (χ1v) is 6.08. The molecule has 0 aliphatic rings. The number of rotatable bonds is 4. The first-order valence-electron chi connectivity index (χ1n) is 6.08. The number of carboxylic acid groups (broad SMARTS) is 1. The van der Waals surface area contributed by atoms with Gasteiger partial charge in [0, 0.05) is 11.7 Å². The van der Waals surface area contributed by atoms with Crippen LogP contribution in [0, 0.1) is 0 Å². The number of hydrogen-bond donors (Lipinski definition) is 2. The summed E-state index contributed by atoms with van der Waals surface area (Å²) in [7, 11) is 0. The molecule has 8 heteroatoms. The maximum absolute atomic E-state index is 12.4. The van der Waals surface area contributed by atoms with E-state index in [-0.39, 0.29) is 11.7 Å². The third-order valence-electron chi connectivity index (χ3n) is 2.65. The molecule has 2 N–H and O–H groups in total.